The predicted molar refractivity (Wildman–Crippen MR) is 94.8 cm³/mol. The van der Waals surface area contributed by atoms with Crippen LogP contribution in [0, 0.1) is 21.4 Å². The van der Waals surface area contributed by atoms with Crippen molar-refractivity contribution in [2.24, 2.45) is 0 Å². The van der Waals surface area contributed by atoms with Crippen molar-refractivity contribution in [3.63, 3.8) is 0 Å². The SMILES string of the molecule is N#CCN(Cc1ccccc1)C(=O)c1ccc(-n2cncn2)c([N+](=O)[O-])c1. The van der Waals surface area contributed by atoms with E-state index < -0.39 is 10.8 Å². The van der Waals surface area contributed by atoms with Gasteiger partial charge < -0.3 is 4.90 Å². The molecule has 134 valence electrons. The van der Waals surface area contributed by atoms with Crippen LogP contribution in [0.1, 0.15) is 15.9 Å². The zero-order valence-corrected chi connectivity index (χ0v) is 14.1. The van der Waals surface area contributed by atoms with Crippen LogP contribution in [0.2, 0.25) is 0 Å². The molecule has 0 fully saturated rings. The van der Waals surface area contributed by atoms with E-state index in [9.17, 15) is 14.9 Å². The number of nitro benzene ring substituents is 1. The van der Waals surface area contributed by atoms with Gasteiger partial charge in [-0.2, -0.15) is 10.4 Å². The molecule has 0 N–H and O–H groups in total. The fraction of sp³-hybridized carbons (Fsp3) is 0.111. The fourth-order valence-electron chi connectivity index (χ4n) is 2.60. The van der Waals surface area contributed by atoms with E-state index in [2.05, 4.69) is 10.1 Å². The van der Waals surface area contributed by atoms with Crippen LogP contribution >= 0.6 is 0 Å². The molecule has 0 bridgehead atoms. The van der Waals surface area contributed by atoms with Gasteiger partial charge in [-0.05, 0) is 17.7 Å². The first-order chi connectivity index (χ1) is 13.1. The third-order valence-electron chi connectivity index (χ3n) is 3.85. The standard InChI is InChI=1S/C18H14N6O3/c19-8-9-22(11-14-4-2-1-3-5-14)18(25)15-6-7-16(17(10-15)24(26)27)23-13-20-12-21-23/h1-7,10,12-13H,9,11H2. The quantitative estimate of drug-likeness (QED) is 0.377. The minimum absolute atomic E-state index is 0.122. The third-order valence-corrected chi connectivity index (χ3v) is 3.85. The van der Waals surface area contributed by atoms with Gasteiger partial charge >= 0.3 is 0 Å². The van der Waals surface area contributed by atoms with E-state index in [0.29, 0.717) is 0 Å². The van der Waals surface area contributed by atoms with E-state index in [-0.39, 0.29) is 30.0 Å². The zero-order valence-electron chi connectivity index (χ0n) is 14.1. The summed E-state index contributed by atoms with van der Waals surface area (Å²) in [6.45, 7) is 0.0954. The van der Waals surface area contributed by atoms with Crippen LogP contribution < -0.4 is 0 Å². The molecule has 1 heterocycles. The first-order valence-corrected chi connectivity index (χ1v) is 7.93. The van der Waals surface area contributed by atoms with Crippen molar-refractivity contribution >= 4 is 11.6 Å². The first-order valence-electron chi connectivity index (χ1n) is 7.93. The van der Waals surface area contributed by atoms with Crippen LogP contribution in [0.5, 0.6) is 0 Å². The molecular formula is C18H14N6O3. The lowest BCUT2D eigenvalue weighted by atomic mass is 10.1. The molecule has 0 atom stereocenters. The van der Waals surface area contributed by atoms with Crippen LogP contribution in [0.4, 0.5) is 5.69 Å². The minimum atomic E-state index is -0.584. The van der Waals surface area contributed by atoms with Gasteiger partial charge in [-0.25, -0.2) is 9.67 Å². The molecule has 1 amide bonds. The molecule has 0 radical (unpaired) electrons. The van der Waals surface area contributed by atoms with Gasteiger partial charge in [0.15, 0.2) is 0 Å². The average Bonchev–Trinajstić information content (AvgIpc) is 3.22. The molecule has 0 saturated carbocycles. The molecule has 0 saturated heterocycles. The summed E-state index contributed by atoms with van der Waals surface area (Å²) in [4.78, 5) is 28.8. The monoisotopic (exact) mass is 362 g/mol. The minimum Gasteiger partial charge on any atom is -0.321 e. The largest absolute Gasteiger partial charge is 0.321 e. The first kappa shape index (κ1) is 17.8. The van der Waals surface area contributed by atoms with Gasteiger partial charge in [0.1, 0.15) is 24.9 Å². The number of nitro groups is 1. The summed E-state index contributed by atoms with van der Waals surface area (Å²) in [5.74, 6) is -0.464. The van der Waals surface area contributed by atoms with Crippen LogP contribution in [0.15, 0.2) is 61.2 Å². The van der Waals surface area contributed by atoms with Crippen LogP contribution in [0.3, 0.4) is 0 Å². The molecule has 0 unspecified atom stereocenters. The van der Waals surface area contributed by atoms with Gasteiger partial charge in [-0.3, -0.25) is 14.9 Å². The molecule has 9 nitrogen and oxygen atoms in total. The van der Waals surface area contributed by atoms with Crippen molar-refractivity contribution in [3.8, 4) is 11.8 Å². The van der Waals surface area contributed by atoms with Crippen molar-refractivity contribution in [1.29, 1.82) is 5.26 Å². The normalized spacial score (nSPS) is 10.2. The highest BCUT2D eigenvalue weighted by Crippen LogP contribution is 2.24. The van der Waals surface area contributed by atoms with Crippen molar-refractivity contribution in [2.45, 2.75) is 6.54 Å². The lowest BCUT2D eigenvalue weighted by Crippen LogP contribution is -2.31. The second kappa shape index (κ2) is 7.88. The summed E-state index contributed by atoms with van der Waals surface area (Å²) in [6.07, 6.45) is 2.60. The highest BCUT2D eigenvalue weighted by molar-refractivity contribution is 5.95. The van der Waals surface area contributed by atoms with Crippen molar-refractivity contribution in [3.05, 3.63) is 82.4 Å². The summed E-state index contributed by atoms with van der Waals surface area (Å²) in [7, 11) is 0. The number of hydrogen-bond acceptors (Lipinski definition) is 6. The van der Waals surface area contributed by atoms with E-state index in [1.165, 1.54) is 40.4 Å². The lowest BCUT2D eigenvalue weighted by molar-refractivity contribution is -0.384. The van der Waals surface area contributed by atoms with Crippen LogP contribution in [-0.2, 0) is 6.54 Å². The number of nitriles is 1. The van der Waals surface area contributed by atoms with Gasteiger partial charge in [-0.15, -0.1) is 0 Å². The fourth-order valence-corrected chi connectivity index (χ4v) is 2.60. The molecule has 3 rings (SSSR count). The lowest BCUT2D eigenvalue weighted by Gasteiger charge is -2.20. The van der Waals surface area contributed by atoms with E-state index in [0.717, 1.165) is 5.56 Å². The average molecular weight is 362 g/mol. The Hall–Kier alpha value is -4.06. The number of hydrogen-bond donors (Lipinski definition) is 0. The Morgan fingerprint density at radius 3 is 2.67 bits per heavy atom. The Kier molecular flexibility index (Phi) is 5.18. The van der Waals surface area contributed by atoms with Crippen molar-refractivity contribution in [2.75, 3.05) is 6.54 Å². The number of amides is 1. The highest BCUT2D eigenvalue weighted by atomic mass is 16.6. The van der Waals surface area contributed by atoms with Gasteiger partial charge in [-0.1, -0.05) is 30.3 Å². The van der Waals surface area contributed by atoms with E-state index in [4.69, 9.17) is 5.26 Å². The van der Waals surface area contributed by atoms with E-state index in [1.807, 2.05) is 36.4 Å². The Labute approximate surface area is 154 Å². The molecule has 9 heteroatoms. The Morgan fingerprint density at radius 1 is 1.26 bits per heavy atom. The number of benzene rings is 2. The number of aromatic nitrogens is 3. The summed E-state index contributed by atoms with van der Waals surface area (Å²) in [5, 5.41) is 24.4. The second-order valence-corrected chi connectivity index (χ2v) is 5.61. The summed E-state index contributed by atoms with van der Waals surface area (Å²) >= 11 is 0. The maximum atomic E-state index is 12.8. The topological polar surface area (TPSA) is 118 Å². The molecule has 0 aliphatic heterocycles. The maximum Gasteiger partial charge on any atom is 0.295 e. The number of carbonyl (C=O) groups excluding carboxylic acids is 1. The van der Waals surface area contributed by atoms with Crippen LogP contribution in [0.25, 0.3) is 5.69 Å². The number of rotatable bonds is 6. The van der Waals surface area contributed by atoms with Gasteiger partial charge in [0.05, 0.1) is 11.0 Å². The Morgan fingerprint density at radius 2 is 2.04 bits per heavy atom. The molecule has 0 aliphatic rings. The smallest absolute Gasteiger partial charge is 0.295 e. The third kappa shape index (κ3) is 3.96. The van der Waals surface area contributed by atoms with Gasteiger partial charge in [0.25, 0.3) is 11.6 Å². The van der Waals surface area contributed by atoms with Crippen molar-refractivity contribution < 1.29 is 9.72 Å². The molecule has 2 aromatic carbocycles. The molecule has 0 spiro atoms. The Bertz CT molecular complexity index is 996. The molecule has 3 aromatic rings. The summed E-state index contributed by atoms with van der Waals surface area (Å²) < 4.78 is 1.25. The molecule has 0 aliphatic carbocycles. The van der Waals surface area contributed by atoms with Crippen molar-refractivity contribution in [1.82, 2.24) is 19.7 Å². The maximum absolute atomic E-state index is 12.8. The highest BCUT2D eigenvalue weighted by Gasteiger charge is 2.22. The van der Waals surface area contributed by atoms with Gasteiger partial charge in [0.2, 0.25) is 0 Å². The summed E-state index contributed by atoms with van der Waals surface area (Å²) in [5.41, 5.74) is 0.901. The van der Waals surface area contributed by atoms with E-state index >= 15 is 0 Å². The molecule has 27 heavy (non-hydrogen) atoms. The second-order valence-electron chi connectivity index (χ2n) is 5.61. The Balaban J connectivity index is 1.93. The zero-order chi connectivity index (χ0) is 19.2. The number of nitrogens with zero attached hydrogens (tertiary/aromatic N) is 6. The predicted octanol–water partition coefficient (Wildman–Crippen LogP) is 2.34. The van der Waals surface area contributed by atoms with E-state index in [1.54, 1.807) is 0 Å². The van der Waals surface area contributed by atoms with Crippen LogP contribution in [-0.4, -0.2) is 37.0 Å². The number of carbonyl (C=O) groups is 1. The van der Waals surface area contributed by atoms with Gasteiger partial charge in [0, 0.05) is 18.2 Å². The summed E-state index contributed by atoms with van der Waals surface area (Å²) in [6, 6.07) is 15.3. The molecule has 1 aromatic heterocycles. The molecular weight excluding hydrogens is 348 g/mol.